The quantitative estimate of drug-likeness (QED) is 0.815. The van der Waals surface area contributed by atoms with Crippen molar-refractivity contribution in [2.24, 2.45) is 17.1 Å². The van der Waals surface area contributed by atoms with E-state index in [1.807, 2.05) is 6.92 Å². The molecule has 0 aromatic heterocycles. The van der Waals surface area contributed by atoms with Gasteiger partial charge in [0.15, 0.2) is 0 Å². The highest BCUT2D eigenvalue weighted by atomic mass is 19.1. The van der Waals surface area contributed by atoms with E-state index in [-0.39, 0.29) is 17.8 Å². The van der Waals surface area contributed by atoms with Crippen LogP contribution in [0.4, 0.5) is 4.39 Å². The minimum absolute atomic E-state index is 0.0793. The first-order chi connectivity index (χ1) is 8.58. The summed E-state index contributed by atoms with van der Waals surface area (Å²) in [6.45, 7) is 2.51. The van der Waals surface area contributed by atoms with E-state index in [2.05, 4.69) is 0 Å². The fourth-order valence-electron chi connectivity index (χ4n) is 2.58. The minimum atomic E-state index is -0.278. The van der Waals surface area contributed by atoms with Crippen molar-refractivity contribution < 1.29 is 9.50 Å². The number of hydrogen-bond donors (Lipinski definition) is 2. The lowest BCUT2D eigenvalue weighted by atomic mass is 9.77. The number of halogens is 1. The van der Waals surface area contributed by atoms with E-state index in [1.165, 1.54) is 18.9 Å². The van der Waals surface area contributed by atoms with Crippen molar-refractivity contribution in [2.45, 2.75) is 32.6 Å². The number of aliphatic hydroxyl groups excluding tert-OH is 1. The predicted octanol–water partition coefficient (Wildman–Crippen LogP) is 2.41. The normalized spacial score (nSPS) is 18.7. The van der Waals surface area contributed by atoms with Gasteiger partial charge >= 0.3 is 0 Å². The van der Waals surface area contributed by atoms with Gasteiger partial charge in [-0.05, 0) is 48.9 Å². The Labute approximate surface area is 108 Å². The zero-order valence-corrected chi connectivity index (χ0v) is 11.0. The van der Waals surface area contributed by atoms with Crippen molar-refractivity contribution >= 4 is 0 Å². The maximum absolute atomic E-state index is 13.3. The van der Waals surface area contributed by atoms with E-state index in [0.29, 0.717) is 18.9 Å². The first-order valence-electron chi connectivity index (χ1n) is 6.64. The molecule has 3 N–H and O–H groups in total. The molecule has 2 rings (SSSR count). The molecule has 1 saturated carbocycles. The van der Waals surface area contributed by atoms with Gasteiger partial charge in [-0.25, -0.2) is 4.39 Å². The minimum Gasteiger partial charge on any atom is -0.396 e. The zero-order valence-electron chi connectivity index (χ0n) is 11.0. The molecule has 1 atom stereocenters. The van der Waals surface area contributed by atoms with E-state index in [0.717, 1.165) is 17.5 Å². The molecule has 100 valence electrons. The Morgan fingerprint density at radius 2 is 2.17 bits per heavy atom. The third-order valence-corrected chi connectivity index (χ3v) is 4.06. The van der Waals surface area contributed by atoms with Crippen LogP contribution in [0.3, 0.4) is 0 Å². The number of aryl methyl sites for hydroxylation is 1. The predicted molar refractivity (Wildman–Crippen MR) is 70.8 cm³/mol. The second-order valence-electron chi connectivity index (χ2n) is 5.76. The van der Waals surface area contributed by atoms with Crippen LogP contribution in [0.25, 0.3) is 0 Å². The van der Waals surface area contributed by atoms with Crippen LogP contribution in [0.1, 0.15) is 30.4 Å². The van der Waals surface area contributed by atoms with Gasteiger partial charge in [0.1, 0.15) is 5.82 Å². The van der Waals surface area contributed by atoms with Gasteiger partial charge in [0.2, 0.25) is 0 Å². The highest BCUT2D eigenvalue weighted by Crippen LogP contribution is 2.41. The maximum atomic E-state index is 13.3. The van der Waals surface area contributed by atoms with Crippen LogP contribution in [0.2, 0.25) is 0 Å². The highest BCUT2D eigenvalue weighted by Gasteiger charge is 2.36. The Morgan fingerprint density at radius 3 is 2.72 bits per heavy atom. The average molecular weight is 251 g/mol. The summed E-state index contributed by atoms with van der Waals surface area (Å²) < 4.78 is 13.3. The third-order valence-electron chi connectivity index (χ3n) is 4.06. The van der Waals surface area contributed by atoms with Crippen molar-refractivity contribution in [1.29, 1.82) is 0 Å². The largest absolute Gasteiger partial charge is 0.396 e. The van der Waals surface area contributed by atoms with Crippen LogP contribution in [-0.2, 0) is 6.42 Å². The van der Waals surface area contributed by atoms with Crippen LogP contribution in [0.15, 0.2) is 18.2 Å². The maximum Gasteiger partial charge on any atom is 0.123 e. The van der Waals surface area contributed by atoms with E-state index in [4.69, 9.17) is 5.73 Å². The molecule has 0 saturated heterocycles. The van der Waals surface area contributed by atoms with Crippen LogP contribution < -0.4 is 5.73 Å². The summed E-state index contributed by atoms with van der Waals surface area (Å²) in [5.41, 5.74) is 7.63. The molecule has 1 aliphatic rings. The fraction of sp³-hybridized carbons (Fsp3) is 0.600. The molecular formula is C15H22FNO. The lowest BCUT2D eigenvalue weighted by Crippen LogP contribution is -2.37. The fourth-order valence-corrected chi connectivity index (χ4v) is 2.58. The lowest BCUT2D eigenvalue weighted by molar-refractivity contribution is 0.115. The van der Waals surface area contributed by atoms with Crippen LogP contribution in [0, 0.1) is 24.1 Å². The second kappa shape index (κ2) is 5.37. The summed E-state index contributed by atoms with van der Waals surface area (Å²) in [4.78, 5) is 0. The van der Waals surface area contributed by atoms with Crippen molar-refractivity contribution in [2.75, 3.05) is 13.2 Å². The molecule has 1 aromatic rings. The van der Waals surface area contributed by atoms with Crippen LogP contribution >= 0.6 is 0 Å². The summed E-state index contributed by atoms with van der Waals surface area (Å²) in [6, 6.07) is 4.84. The van der Waals surface area contributed by atoms with Crippen molar-refractivity contribution in [1.82, 2.24) is 0 Å². The molecule has 0 aliphatic heterocycles. The molecule has 3 heteroatoms. The number of benzene rings is 1. The van der Waals surface area contributed by atoms with Gasteiger partial charge in [-0.15, -0.1) is 0 Å². The third kappa shape index (κ3) is 3.09. The van der Waals surface area contributed by atoms with E-state index >= 15 is 0 Å². The average Bonchev–Trinajstić information content (AvgIpc) is 3.16. The Morgan fingerprint density at radius 1 is 1.44 bits per heavy atom. The zero-order chi connectivity index (χ0) is 13.2. The van der Waals surface area contributed by atoms with Gasteiger partial charge < -0.3 is 10.8 Å². The summed E-state index contributed by atoms with van der Waals surface area (Å²) in [7, 11) is 0. The number of hydrogen-bond acceptors (Lipinski definition) is 2. The lowest BCUT2D eigenvalue weighted by Gasteiger charge is -2.31. The molecule has 1 aromatic carbocycles. The monoisotopic (exact) mass is 251 g/mol. The van der Waals surface area contributed by atoms with Gasteiger partial charge in [0, 0.05) is 12.0 Å². The van der Waals surface area contributed by atoms with Gasteiger partial charge in [0.05, 0.1) is 6.61 Å². The molecule has 0 heterocycles. The van der Waals surface area contributed by atoms with E-state index in [1.54, 1.807) is 12.1 Å². The molecule has 0 bridgehead atoms. The molecule has 2 nitrogen and oxygen atoms in total. The second-order valence-corrected chi connectivity index (χ2v) is 5.76. The Bertz CT molecular complexity index is 411. The Kier molecular flexibility index (Phi) is 4.03. The molecule has 1 unspecified atom stereocenters. The standard InChI is InChI=1S/C15H22FNO/c1-11-2-5-14(16)6-13(11)8-15(9-17,10-18)7-12-3-4-12/h2,5-6,12,18H,3-4,7-10,17H2,1H3. The first kappa shape index (κ1) is 13.5. The van der Waals surface area contributed by atoms with Crippen LogP contribution in [-0.4, -0.2) is 18.3 Å². The van der Waals surface area contributed by atoms with Gasteiger partial charge in [-0.1, -0.05) is 18.9 Å². The van der Waals surface area contributed by atoms with E-state index < -0.39 is 0 Å². The first-order valence-corrected chi connectivity index (χ1v) is 6.64. The molecule has 1 fully saturated rings. The Balaban J connectivity index is 2.18. The van der Waals surface area contributed by atoms with E-state index in [9.17, 15) is 9.50 Å². The smallest absolute Gasteiger partial charge is 0.123 e. The van der Waals surface area contributed by atoms with Crippen molar-refractivity contribution in [3.05, 3.63) is 35.1 Å². The van der Waals surface area contributed by atoms with Gasteiger partial charge in [-0.3, -0.25) is 0 Å². The Hall–Kier alpha value is -0.930. The summed E-state index contributed by atoms with van der Waals surface area (Å²) in [6.07, 6.45) is 4.10. The molecule has 1 aliphatic carbocycles. The number of aliphatic hydroxyl groups is 1. The molecule has 0 spiro atoms. The van der Waals surface area contributed by atoms with Gasteiger partial charge in [0.25, 0.3) is 0 Å². The number of rotatable bonds is 6. The van der Waals surface area contributed by atoms with Crippen LogP contribution in [0.5, 0.6) is 0 Å². The van der Waals surface area contributed by atoms with Crippen molar-refractivity contribution in [3.63, 3.8) is 0 Å². The molecule has 18 heavy (non-hydrogen) atoms. The molecule has 0 radical (unpaired) electrons. The summed E-state index contributed by atoms with van der Waals surface area (Å²) in [5.74, 6) is 0.487. The SMILES string of the molecule is Cc1ccc(F)cc1CC(CN)(CO)CC1CC1. The highest BCUT2D eigenvalue weighted by molar-refractivity contribution is 5.28. The molecule has 0 amide bonds. The molecular weight excluding hydrogens is 229 g/mol. The summed E-state index contributed by atoms with van der Waals surface area (Å²) >= 11 is 0. The topological polar surface area (TPSA) is 46.2 Å². The summed E-state index contributed by atoms with van der Waals surface area (Å²) in [5, 5.41) is 9.70. The number of nitrogens with two attached hydrogens (primary N) is 1. The van der Waals surface area contributed by atoms with Crippen molar-refractivity contribution in [3.8, 4) is 0 Å². The van der Waals surface area contributed by atoms with Gasteiger partial charge in [-0.2, -0.15) is 0 Å².